The van der Waals surface area contributed by atoms with E-state index in [1.807, 2.05) is 31.2 Å². The lowest BCUT2D eigenvalue weighted by Crippen LogP contribution is -2.14. The molecule has 0 heterocycles. The first kappa shape index (κ1) is 15.0. The number of alkyl halides is 1. The van der Waals surface area contributed by atoms with E-state index >= 15 is 0 Å². The zero-order valence-electron chi connectivity index (χ0n) is 10.4. The maximum Gasteiger partial charge on any atom is 0.226 e. The minimum Gasteiger partial charge on any atom is -0.493 e. The van der Waals surface area contributed by atoms with E-state index in [4.69, 9.17) is 9.47 Å². The Morgan fingerprint density at radius 2 is 2.00 bits per heavy atom. The van der Waals surface area contributed by atoms with E-state index < -0.39 is 0 Å². The second kappa shape index (κ2) is 8.94. The van der Waals surface area contributed by atoms with Crippen LogP contribution in [-0.4, -0.2) is 31.1 Å². The van der Waals surface area contributed by atoms with Crippen molar-refractivity contribution in [1.29, 1.82) is 0 Å². The fourth-order valence-electron chi connectivity index (χ4n) is 1.32. The lowest BCUT2D eigenvalue weighted by Gasteiger charge is -2.07. The SMILES string of the molecule is CCOCCC(=O)Nc1ccc(OCCBr)cc1. The van der Waals surface area contributed by atoms with Crippen LogP contribution in [0.15, 0.2) is 24.3 Å². The molecule has 0 aliphatic heterocycles. The summed E-state index contributed by atoms with van der Waals surface area (Å²) in [5.74, 6) is 0.749. The van der Waals surface area contributed by atoms with Gasteiger partial charge in [0.15, 0.2) is 0 Å². The Morgan fingerprint density at radius 1 is 1.28 bits per heavy atom. The Balaban J connectivity index is 2.35. The summed E-state index contributed by atoms with van der Waals surface area (Å²) >= 11 is 3.29. The molecule has 1 rings (SSSR count). The lowest BCUT2D eigenvalue weighted by atomic mass is 10.3. The number of ether oxygens (including phenoxy) is 2. The van der Waals surface area contributed by atoms with Gasteiger partial charge in [-0.25, -0.2) is 0 Å². The molecule has 1 aromatic carbocycles. The van der Waals surface area contributed by atoms with Crippen molar-refractivity contribution in [3.05, 3.63) is 24.3 Å². The molecule has 18 heavy (non-hydrogen) atoms. The Labute approximate surface area is 116 Å². The van der Waals surface area contributed by atoms with Crippen molar-refractivity contribution in [2.75, 3.05) is 30.5 Å². The minimum atomic E-state index is -0.0439. The molecule has 0 aliphatic carbocycles. The first-order valence-corrected chi connectivity index (χ1v) is 7.05. The number of carbonyl (C=O) groups is 1. The zero-order chi connectivity index (χ0) is 13.2. The van der Waals surface area contributed by atoms with Crippen LogP contribution in [0, 0.1) is 0 Å². The van der Waals surface area contributed by atoms with E-state index in [0.29, 0.717) is 26.2 Å². The largest absolute Gasteiger partial charge is 0.493 e. The maximum atomic E-state index is 11.5. The van der Waals surface area contributed by atoms with Gasteiger partial charge in [-0.2, -0.15) is 0 Å². The molecule has 0 unspecified atom stereocenters. The normalized spacial score (nSPS) is 10.1. The summed E-state index contributed by atoms with van der Waals surface area (Å²) in [5.41, 5.74) is 0.766. The monoisotopic (exact) mass is 315 g/mol. The highest BCUT2D eigenvalue weighted by Crippen LogP contribution is 2.15. The Hall–Kier alpha value is -1.07. The number of hydrogen-bond acceptors (Lipinski definition) is 3. The molecule has 0 aromatic heterocycles. The van der Waals surface area contributed by atoms with Gasteiger partial charge in [0.05, 0.1) is 19.6 Å². The van der Waals surface area contributed by atoms with Gasteiger partial charge in [-0.05, 0) is 31.2 Å². The van der Waals surface area contributed by atoms with E-state index in [1.165, 1.54) is 0 Å². The molecule has 0 bridgehead atoms. The Kier molecular flexibility index (Phi) is 7.44. The van der Waals surface area contributed by atoms with Gasteiger partial charge >= 0.3 is 0 Å². The van der Waals surface area contributed by atoms with Gasteiger partial charge in [0, 0.05) is 17.6 Å². The highest BCUT2D eigenvalue weighted by atomic mass is 79.9. The lowest BCUT2D eigenvalue weighted by molar-refractivity contribution is -0.117. The van der Waals surface area contributed by atoms with Crippen molar-refractivity contribution in [3.63, 3.8) is 0 Å². The van der Waals surface area contributed by atoms with Crippen LogP contribution in [0.25, 0.3) is 0 Å². The van der Waals surface area contributed by atoms with Crippen molar-refractivity contribution < 1.29 is 14.3 Å². The summed E-state index contributed by atoms with van der Waals surface area (Å²) in [6.45, 7) is 3.62. The molecule has 4 nitrogen and oxygen atoms in total. The van der Waals surface area contributed by atoms with E-state index in [9.17, 15) is 4.79 Å². The topological polar surface area (TPSA) is 47.6 Å². The molecular formula is C13H18BrNO3. The molecule has 0 aliphatic rings. The fourth-order valence-corrected chi connectivity index (χ4v) is 1.49. The first-order chi connectivity index (χ1) is 8.76. The number of carbonyl (C=O) groups excluding carboxylic acids is 1. The smallest absolute Gasteiger partial charge is 0.226 e. The summed E-state index contributed by atoms with van der Waals surface area (Å²) in [6, 6.07) is 7.31. The van der Waals surface area contributed by atoms with Crippen LogP contribution < -0.4 is 10.1 Å². The van der Waals surface area contributed by atoms with Crippen LogP contribution in [0.1, 0.15) is 13.3 Å². The van der Waals surface area contributed by atoms with Crippen LogP contribution in [-0.2, 0) is 9.53 Å². The van der Waals surface area contributed by atoms with Crippen LogP contribution >= 0.6 is 15.9 Å². The van der Waals surface area contributed by atoms with Crippen molar-refractivity contribution in [3.8, 4) is 5.75 Å². The first-order valence-electron chi connectivity index (χ1n) is 5.92. The van der Waals surface area contributed by atoms with Crippen molar-refractivity contribution >= 4 is 27.5 Å². The minimum absolute atomic E-state index is 0.0439. The standard InChI is InChI=1S/C13H18BrNO3/c1-2-17-9-7-13(16)15-11-3-5-12(6-4-11)18-10-8-14/h3-6H,2,7-10H2,1H3,(H,15,16). The third-order valence-electron chi connectivity index (χ3n) is 2.16. The number of hydrogen-bond donors (Lipinski definition) is 1. The van der Waals surface area contributed by atoms with E-state index in [0.717, 1.165) is 16.8 Å². The van der Waals surface area contributed by atoms with Crippen LogP contribution in [0.4, 0.5) is 5.69 Å². The highest BCUT2D eigenvalue weighted by Gasteiger charge is 2.02. The number of rotatable bonds is 8. The van der Waals surface area contributed by atoms with Crippen LogP contribution in [0.3, 0.4) is 0 Å². The molecular weight excluding hydrogens is 298 g/mol. The average molecular weight is 316 g/mol. The van der Waals surface area contributed by atoms with Gasteiger partial charge in [-0.3, -0.25) is 4.79 Å². The van der Waals surface area contributed by atoms with Gasteiger partial charge < -0.3 is 14.8 Å². The molecule has 0 radical (unpaired) electrons. The second-order valence-corrected chi connectivity index (χ2v) is 4.35. The third-order valence-corrected chi connectivity index (χ3v) is 2.49. The molecule has 0 saturated carbocycles. The van der Waals surface area contributed by atoms with Crippen molar-refractivity contribution in [2.24, 2.45) is 0 Å². The van der Waals surface area contributed by atoms with Gasteiger partial charge in [0.2, 0.25) is 5.91 Å². The van der Waals surface area contributed by atoms with Gasteiger partial charge in [0.1, 0.15) is 5.75 Å². The van der Waals surface area contributed by atoms with Gasteiger partial charge in [-0.15, -0.1) is 0 Å². The fraction of sp³-hybridized carbons (Fsp3) is 0.462. The predicted molar refractivity (Wildman–Crippen MR) is 75.5 cm³/mol. The molecule has 1 amide bonds. The number of halogens is 1. The number of benzene rings is 1. The Bertz CT molecular complexity index is 354. The van der Waals surface area contributed by atoms with Crippen LogP contribution in [0.2, 0.25) is 0 Å². The van der Waals surface area contributed by atoms with Crippen molar-refractivity contribution in [2.45, 2.75) is 13.3 Å². The molecule has 1 aromatic rings. The van der Waals surface area contributed by atoms with Crippen LogP contribution in [0.5, 0.6) is 5.75 Å². The molecule has 0 fully saturated rings. The average Bonchev–Trinajstić information content (AvgIpc) is 2.38. The molecule has 1 N–H and O–H groups in total. The number of anilines is 1. The van der Waals surface area contributed by atoms with E-state index in [-0.39, 0.29) is 5.91 Å². The molecule has 100 valence electrons. The van der Waals surface area contributed by atoms with E-state index in [1.54, 1.807) is 0 Å². The third kappa shape index (κ3) is 6.02. The highest BCUT2D eigenvalue weighted by molar-refractivity contribution is 9.09. The molecule has 0 atom stereocenters. The second-order valence-electron chi connectivity index (χ2n) is 3.56. The van der Waals surface area contributed by atoms with E-state index in [2.05, 4.69) is 21.2 Å². The molecule has 0 saturated heterocycles. The zero-order valence-corrected chi connectivity index (χ0v) is 12.0. The summed E-state index contributed by atoms with van der Waals surface area (Å²) in [7, 11) is 0. The number of nitrogens with one attached hydrogen (secondary N) is 1. The summed E-state index contributed by atoms with van der Waals surface area (Å²) in [5, 5.41) is 3.59. The summed E-state index contributed by atoms with van der Waals surface area (Å²) in [4.78, 5) is 11.5. The van der Waals surface area contributed by atoms with Crippen molar-refractivity contribution in [1.82, 2.24) is 0 Å². The summed E-state index contributed by atoms with van der Waals surface area (Å²) in [6.07, 6.45) is 0.371. The van der Waals surface area contributed by atoms with Gasteiger partial charge in [-0.1, -0.05) is 15.9 Å². The summed E-state index contributed by atoms with van der Waals surface area (Å²) < 4.78 is 10.5. The molecule has 5 heteroatoms. The molecule has 0 spiro atoms. The Morgan fingerprint density at radius 3 is 2.61 bits per heavy atom. The predicted octanol–water partition coefficient (Wildman–Crippen LogP) is 2.83. The van der Waals surface area contributed by atoms with Gasteiger partial charge in [0.25, 0.3) is 0 Å². The number of amides is 1. The maximum absolute atomic E-state index is 11.5. The quantitative estimate of drug-likeness (QED) is 0.592.